The van der Waals surface area contributed by atoms with E-state index in [1.165, 1.54) is 0 Å². The second kappa shape index (κ2) is 7.06. The minimum atomic E-state index is -0.174. The Kier molecular flexibility index (Phi) is 4.45. The molecule has 1 aromatic carbocycles. The Bertz CT molecular complexity index is 957. The SMILES string of the molecule is COc1ccc(N2CC(c3nc(-c4ccncc4)no3)CC2=O)c(OC)c1. The van der Waals surface area contributed by atoms with E-state index in [-0.39, 0.29) is 11.8 Å². The fourth-order valence-corrected chi connectivity index (χ4v) is 3.13. The molecule has 1 aliphatic rings. The van der Waals surface area contributed by atoms with Crippen molar-refractivity contribution < 1.29 is 18.8 Å². The predicted molar refractivity (Wildman–Crippen MR) is 96.8 cm³/mol. The van der Waals surface area contributed by atoms with Gasteiger partial charge in [0.05, 0.1) is 25.8 Å². The summed E-state index contributed by atoms with van der Waals surface area (Å²) in [5, 5.41) is 4.03. The van der Waals surface area contributed by atoms with Gasteiger partial charge in [0.15, 0.2) is 0 Å². The van der Waals surface area contributed by atoms with Crippen molar-refractivity contribution in [1.29, 1.82) is 0 Å². The van der Waals surface area contributed by atoms with Crippen molar-refractivity contribution in [2.24, 2.45) is 0 Å². The molecule has 1 atom stereocenters. The second-order valence-corrected chi connectivity index (χ2v) is 6.14. The Morgan fingerprint density at radius 1 is 1.15 bits per heavy atom. The lowest BCUT2D eigenvalue weighted by Gasteiger charge is -2.19. The maximum Gasteiger partial charge on any atom is 0.232 e. The van der Waals surface area contributed by atoms with Crippen molar-refractivity contribution in [2.75, 3.05) is 25.7 Å². The quantitative estimate of drug-likeness (QED) is 0.685. The van der Waals surface area contributed by atoms with Gasteiger partial charge in [-0.05, 0) is 24.3 Å². The molecule has 1 fully saturated rings. The summed E-state index contributed by atoms with van der Waals surface area (Å²) in [6.45, 7) is 0.444. The standard InChI is InChI=1S/C19H18N4O4/c1-25-14-3-4-15(16(10-14)26-2)23-11-13(9-17(23)24)19-21-18(22-27-19)12-5-7-20-8-6-12/h3-8,10,13H,9,11H2,1-2H3. The predicted octanol–water partition coefficient (Wildman–Crippen LogP) is 2.67. The molecule has 0 radical (unpaired) electrons. The van der Waals surface area contributed by atoms with Gasteiger partial charge in [-0.15, -0.1) is 0 Å². The summed E-state index contributed by atoms with van der Waals surface area (Å²) in [6, 6.07) is 8.98. The lowest BCUT2D eigenvalue weighted by atomic mass is 10.1. The van der Waals surface area contributed by atoms with Crippen molar-refractivity contribution in [1.82, 2.24) is 15.1 Å². The normalized spacial score (nSPS) is 16.6. The second-order valence-electron chi connectivity index (χ2n) is 6.14. The highest BCUT2D eigenvalue weighted by atomic mass is 16.5. The first-order valence-electron chi connectivity index (χ1n) is 8.46. The number of amides is 1. The smallest absolute Gasteiger partial charge is 0.232 e. The molecule has 0 aliphatic carbocycles. The maximum absolute atomic E-state index is 12.6. The number of ether oxygens (including phenoxy) is 2. The zero-order valence-corrected chi connectivity index (χ0v) is 15.0. The molecular formula is C19H18N4O4. The molecule has 138 valence electrons. The van der Waals surface area contributed by atoms with Crippen LogP contribution in [0.1, 0.15) is 18.2 Å². The summed E-state index contributed by atoms with van der Waals surface area (Å²) in [6.07, 6.45) is 3.64. The Morgan fingerprint density at radius 2 is 1.96 bits per heavy atom. The number of aromatic nitrogens is 3. The molecule has 0 N–H and O–H groups in total. The number of pyridine rings is 1. The highest BCUT2D eigenvalue weighted by Crippen LogP contribution is 2.38. The molecule has 1 aliphatic heterocycles. The third kappa shape index (κ3) is 3.21. The number of methoxy groups -OCH3 is 2. The summed E-state index contributed by atoms with van der Waals surface area (Å²) in [4.78, 5) is 22.7. The third-order valence-corrected chi connectivity index (χ3v) is 4.53. The number of hydrogen-bond acceptors (Lipinski definition) is 7. The Labute approximate surface area is 155 Å². The first-order chi connectivity index (χ1) is 13.2. The number of benzene rings is 1. The topological polar surface area (TPSA) is 90.6 Å². The van der Waals surface area contributed by atoms with Gasteiger partial charge in [-0.3, -0.25) is 9.78 Å². The van der Waals surface area contributed by atoms with E-state index < -0.39 is 0 Å². The summed E-state index contributed by atoms with van der Waals surface area (Å²) in [5.41, 5.74) is 1.51. The monoisotopic (exact) mass is 366 g/mol. The van der Waals surface area contributed by atoms with Crippen molar-refractivity contribution >= 4 is 11.6 Å². The van der Waals surface area contributed by atoms with Crippen LogP contribution < -0.4 is 14.4 Å². The fraction of sp³-hybridized carbons (Fsp3) is 0.263. The van der Waals surface area contributed by atoms with Gasteiger partial charge in [0.1, 0.15) is 11.5 Å². The lowest BCUT2D eigenvalue weighted by Crippen LogP contribution is -2.24. The molecule has 0 saturated carbocycles. The van der Waals surface area contributed by atoms with Crippen LogP contribution in [-0.4, -0.2) is 41.8 Å². The Morgan fingerprint density at radius 3 is 2.70 bits per heavy atom. The van der Waals surface area contributed by atoms with E-state index in [0.29, 0.717) is 41.9 Å². The highest BCUT2D eigenvalue weighted by Gasteiger charge is 2.36. The number of hydrogen-bond donors (Lipinski definition) is 0. The largest absolute Gasteiger partial charge is 0.497 e. The highest BCUT2D eigenvalue weighted by molar-refractivity contribution is 5.97. The van der Waals surface area contributed by atoms with E-state index >= 15 is 0 Å². The first-order valence-corrected chi connectivity index (χ1v) is 8.46. The molecule has 2 aromatic heterocycles. The Hall–Kier alpha value is -3.42. The molecule has 1 unspecified atom stereocenters. The molecule has 27 heavy (non-hydrogen) atoms. The van der Waals surface area contributed by atoms with Gasteiger partial charge < -0.3 is 18.9 Å². The zero-order chi connectivity index (χ0) is 18.8. The molecule has 8 nitrogen and oxygen atoms in total. The molecule has 0 spiro atoms. The minimum Gasteiger partial charge on any atom is -0.497 e. The molecular weight excluding hydrogens is 348 g/mol. The van der Waals surface area contributed by atoms with Crippen LogP contribution in [0.3, 0.4) is 0 Å². The van der Waals surface area contributed by atoms with Crippen LogP contribution in [-0.2, 0) is 4.79 Å². The van der Waals surface area contributed by atoms with Crippen molar-refractivity contribution in [3.8, 4) is 22.9 Å². The fourth-order valence-electron chi connectivity index (χ4n) is 3.13. The number of carbonyl (C=O) groups is 1. The molecule has 3 heterocycles. The van der Waals surface area contributed by atoms with Crippen LogP contribution in [0.2, 0.25) is 0 Å². The number of nitrogens with zero attached hydrogens (tertiary/aromatic N) is 4. The van der Waals surface area contributed by atoms with Gasteiger partial charge in [0.2, 0.25) is 17.6 Å². The van der Waals surface area contributed by atoms with E-state index in [0.717, 1.165) is 5.56 Å². The first kappa shape index (κ1) is 17.0. The minimum absolute atomic E-state index is 0.0212. The van der Waals surface area contributed by atoms with Crippen LogP contribution in [0.15, 0.2) is 47.2 Å². The van der Waals surface area contributed by atoms with Gasteiger partial charge in [0, 0.05) is 37.0 Å². The molecule has 8 heteroatoms. The Balaban J connectivity index is 1.57. The molecule has 0 bridgehead atoms. The molecule has 1 amide bonds. The number of carbonyl (C=O) groups excluding carboxylic acids is 1. The van der Waals surface area contributed by atoms with E-state index in [4.69, 9.17) is 14.0 Å². The summed E-state index contributed by atoms with van der Waals surface area (Å²) in [7, 11) is 3.15. The third-order valence-electron chi connectivity index (χ3n) is 4.53. The van der Waals surface area contributed by atoms with E-state index in [1.54, 1.807) is 43.6 Å². The van der Waals surface area contributed by atoms with Crippen LogP contribution in [0.25, 0.3) is 11.4 Å². The summed E-state index contributed by atoms with van der Waals surface area (Å²) < 4.78 is 16.1. The number of rotatable bonds is 5. The van der Waals surface area contributed by atoms with Crippen LogP contribution in [0.5, 0.6) is 11.5 Å². The van der Waals surface area contributed by atoms with Crippen LogP contribution >= 0.6 is 0 Å². The van der Waals surface area contributed by atoms with Gasteiger partial charge in [0.25, 0.3) is 0 Å². The van der Waals surface area contributed by atoms with Gasteiger partial charge in [-0.1, -0.05) is 5.16 Å². The van der Waals surface area contributed by atoms with Crippen molar-refractivity contribution in [2.45, 2.75) is 12.3 Å². The van der Waals surface area contributed by atoms with Gasteiger partial charge in [-0.25, -0.2) is 0 Å². The molecule has 4 rings (SSSR count). The molecule has 1 saturated heterocycles. The van der Waals surface area contributed by atoms with Crippen molar-refractivity contribution in [3.63, 3.8) is 0 Å². The van der Waals surface area contributed by atoms with Gasteiger partial charge >= 0.3 is 0 Å². The average molecular weight is 366 g/mol. The number of anilines is 1. The average Bonchev–Trinajstić information content (AvgIpc) is 3.35. The zero-order valence-electron chi connectivity index (χ0n) is 15.0. The van der Waals surface area contributed by atoms with Crippen LogP contribution in [0.4, 0.5) is 5.69 Å². The van der Waals surface area contributed by atoms with Crippen LogP contribution in [0, 0.1) is 0 Å². The van der Waals surface area contributed by atoms with Gasteiger partial charge in [-0.2, -0.15) is 4.98 Å². The summed E-state index contributed by atoms with van der Waals surface area (Å²) >= 11 is 0. The van der Waals surface area contributed by atoms with E-state index in [2.05, 4.69) is 15.1 Å². The van der Waals surface area contributed by atoms with E-state index in [1.807, 2.05) is 18.2 Å². The molecule has 3 aromatic rings. The lowest BCUT2D eigenvalue weighted by molar-refractivity contribution is -0.117. The summed E-state index contributed by atoms with van der Waals surface area (Å²) in [5.74, 6) is 1.98. The maximum atomic E-state index is 12.6. The van der Waals surface area contributed by atoms with Crippen molar-refractivity contribution in [3.05, 3.63) is 48.6 Å². The van der Waals surface area contributed by atoms with E-state index in [9.17, 15) is 4.79 Å².